The Balaban J connectivity index is 1.73. The summed E-state index contributed by atoms with van der Waals surface area (Å²) in [5.41, 5.74) is 1.36. The fourth-order valence-electron chi connectivity index (χ4n) is 2.74. The van der Waals surface area contributed by atoms with E-state index in [9.17, 15) is 9.59 Å². The lowest BCUT2D eigenvalue weighted by Gasteiger charge is -1.99. The number of nitrogens with one attached hydrogen (secondary N) is 1. The van der Waals surface area contributed by atoms with Crippen LogP contribution < -0.4 is 5.56 Å². The van der Waals surface area contributed by atoms with Gasteiger partial charge in [0.15, 0.2) is 5.82 Å². The van der Waals surface area contributed by atoms with Gasteiger partial charge in [-0.05, 0) is 41.5 Å². The van der Waals surface area contributed by atoms with Crippen molar-refractivity contribution >= 4 is 72.9 Å². The van der Waals surface area contributed by atoms with Crippen molar-refractivity contribution in [2.45, 2.75) is 6.92 Å². The zero-order chi connectivity index (χ0) is 19.8. The van der Waals surface area contributed by atoms with Gasteiger partial charge >= 0.3 is 5.97 Å². The van der Waals surface area contributed by atoms with Crippen LogP contribution in [0.15, 0.2) is 33.8 Å². The van der Waals surface area contributed by atoms with Gasteiger partial charge in [0.1, 0.15) is 9.71 Å². The molecule has 4 aromatic rings. The Kier molecular flexibility index (Phi) is 5.20. The predicted octanol–water partition coefficient (Wildman–Crippen LogP) is 5.61. The fraction of sp³-hybridized carbons (Fsp3) is 0.105. The maximum absolute atomic E-state index is 12.5. The monoisotopic (exact) mass is 448 g/mol. The third kappa shape index (κ3) is 3.44. The summed E-state index contributed by atoms with van der Waals surface area (Å²) < 4.78 is 4.77. The molecule has 0 unspecified atom stereocenters. The number of ether oxygens (including phenoxy) is 1. The van der Waals surface area contributed by atoms with Crippen LogP contribution in [0, 0.1) is 6.92 Å². The van der Waals surface area contributed by atoms with Crippen LogP contribution in [0.25, 0.3) is 31.8 Å². The van der Waals surface area contributed by atoms with Gasteiger partial charge in [-0.3, -0.25) is 4.79 Å². The number of carbonyl (C=O) groups is 1. The standard InChI is InChI=1S/C19H13ClN2O3S3/c1-9-14-17(23)21-16(22-18(14)28-15(9)19(24)25-2)12(20)7-11-6-10(8-27-11)13-4-3-5-26-13/h3-8H,1-2H3,(H,21,22,23)/b12-7-. The molecule has 142 valence electrons. The van der Waals surface area contributed by atoms with Crippen molar-refractivity contribution in [3.05, 3.63) is 60.5 Å². The van der Waals surface area contributed by atoms with Crippen molar-refractivity contribution in [1.82, 2.24) is 9.97 Å². The summed E-state index contributed by atoms with van der Waals surface area (Å²) in [6.45, 7) is 1.71. The molecule has 1 N–H and O–H groups in total. The number of rotatable bonds is 4. The number of carbonyl (C=O) groups excluding carboxylic acids is 1. The number of aryl methyl sites for hydroxylation is 1. The number of H-pyrrole nitrogens is 1. The van der Waals surface area contributed by atoms with Gasteiger partial charge in [-0.1, -0.05) is 17.7 Å². The minimum Gasteiger partial charge on any atom is -0.465 e. The quantitative estimate of drug-likeness (QED) is 0.412. The first-order chi connectivity index (χ1) is 13.5. The summed E-state index contributed by atoms with van der Waals surface area (Å²) in [6, 6.07) is 6.11. The van der Waals surface area contributed by atoms with E-state index in [0.29, 0.717) is 25.7 Å². The smallest absolute Gasteiger partial charge is 0.348 e. The maximum atomic E-state index is 12.5. The Labute approximate surface area is 176 Å². The number of fused-ring (bicyclic) bond motifs is 1. The second-order valence-corrected chi connectivity index (χ2v) is 9.15. The summed E-state index contributed by atoms with van der Waals surface area (Å²) >= 11 is 10.8. The lowest BCUT2D eigenvalue weighted by Crippen LogP contribution is -2.10. The summed E-state index contributed by atoms with van der Waals surface area (Å²) in [4.78, 5) is 34.5. The van der Waals surface area contributed by atoms with Gasteiger partial charge in [0.2, 0.25) is 0 Å². The molecule has 0 spiro atoms. The highest BCUT2D eigenvalue weighted by Gasteiger charge is 2.20. The van der Waals surface area contributed by atoms with Crippen molar-refractivity contribution < 1.29 is 9.53 Å². The fourth-order valence-corrected chi connectivity index (χ4v) is 5.74. The second-order valence-electron chi connectivity index (χ2n) is 5.85. The van der Waals surface area contributed by atoms with Crippen molar-refractivity contribution in [3.63, 3.8) is 0 Å². The van der Waals surface area contributed by atoms with Crippen molar-refractivity contribution in [2.24, 2.45) is 0 Å². The lowest BCUT2D eigenvalue weighted by molar-refractivity contribution is 0.0605. The van der Waals surface area contributed by atoms with E-state index in [1.54, 1.807) is 35.7 Å². The highest BCUT2D eigenvalue weighted by atomic mass is 35.5. The number of aromatic nitrogens is 2. The van der Waals surface area contributed by atoms with E-state index in [2.05, 4.69) is 21.4 Å². The number of thiophene rings is 3. The molecule has 0 saturated carbocycles. The van der Waals surface area contributed by atoms with Crippen LogP contribution in [0.1, 0.15) is 25.9 Å². The lowest BCUT2D eigenvalue weighted by atomic mass is 10.2. The second kappa shape index (κ2) is 7.63. The van der Waals surface area contributed by atoms with E-state index in [1.165, 1.54) is 12.0 Å². The molecule has 4 aromatic heterocycles. The minimum atomic E-state index is -0.484. The van der Waals surface area contributed by atoms with Gasteiger partial charge in [-0.2, -0.15) is 0 Å². The molecule has 0 aliphatic carbocycles. The van der Waals surface area contributed by atoms with Gasteiger partial charge < -0.3 is 9.72 Å². The van der Waals surface area contributed by atoms with Crippen LogP contribution in [-0.2, 0) is 4.74 Å². The van der Waals surface area contributed by atoms with Crippen LogP contribution in [0.5, 0.6) is 0 Å². The molecule has 4 heterocycles. The van der Waals surface area contributed by atoms with Crippen LogP contribution in [0.4, 0.5) is 0 Å². The van der Waals surface area contributed by atoms with Crippen molar-refractivity contribution in [3.8, 4) is 10.4 Å². The minimum absolute atomic E-state index is 0.267. The Morgan fingerprint density at radius 2 is 2.18 bits per heavy atom. The number of aromatic amines is 1. The molecule has 0 amide bonds. The number of nitrogens with zero attached hydrogens (tertiary/aromatic N) is 1. The highest BCUT2D eigenvalue weighted by molar-refractivity contribution is 7.20. The van der Waals surface area contributed by atoms with Gasteiger partial charge in [0.05, 0.1) is 17.5 Å². The first kappa shape index (κ1) is 19.1. The summed E-state index contributed by atoms with van der Waals surface area (Å²) in [6.07, 6.45) is 1.77. The van der Waals surface area contributed by atoms with Crippen molar-refractivity contribution in [2.75, 3.05) is 7.11 Å². The van der Waals surface area contributed by atoms with E-state index in [0.717, 1.165) is 21.8 Å². The molecule has 0 bridgehead atoms. The van der Waals surface area contributed by atoms with Gasteiger partial charge in [-0.25, -0.2) is 9.78 Å². The number of methoxy groups -OCH3 is 1. The normalized spacial score (nSPS) is 11.9. The van der Waals surface area contributed by atoms with Gasteiger partial charge in [0, 0.05) is 15.3 Å². The molecule has 4 rings (SSSR count). The third-order valence-electron chi connectivity index (χ3n) is 4.09. The molecule has 0 atom stereocenters. The molecule has 0 aliphatic heterocycles. The van der Waals surface area contributed by atoms with Crippen LogP contribution in [0.2, 0.25) is 0 Å². The van der Waals surface area contributed by atoms with E-state index in [4.69, 9.17) is 16.3 Å². The predicted molar refractivity (Wildman–Crippen MR) is 118 cm³/mol. The maximum Gasteiger partial charge on any atom is 0.348 e. The average molecular weight is 449 g/mol. The van der Waals surface area contributed by atoms with Crippen molar-refractivity contribution in [1.29, 1.82) is 0 Å². The van der Waals surface area contributed by atoms with E-state index < -0.39 is 5.97 Å². The van der Waals surface area contributed by atoms with E-state index in [1.807, 2.05) is 17.5 Å². The van der Waals surface area contributed by atoms with E-state index in [-0.39, 0.29) is 11.4 Å². The number of hydrogen-bond acceptors (Lipinski definition) is 7. The summed E-state index contributed by atoms with van der Waals surface area (Å²) in [5, 5.41) is 4.80. The molecule has 0 radical (unpaired) electrons. The zero-order valence-corrected chi connectivity index (χ0v) is 17.9. The molecule has 5 nitrogen and oxygen atoms in total. The van der Waals surface area contributed by atoms with Gasteiger partial charge in [-0.15, -0.1) is 34.0 Å². The molecule has 0 aliphatic rings. The number of esters is 1. The first-order valence-electron chi connectivity index (χ1n) is 8.09. The SMILES string of the molecule is COC(=O)c1sc2nc(/C(Cl)=C/c3cc(-c4cccs4)cs3)[nH]c(=O)c2c1C. The van der Waals surface area contributed by atoms with Crippen LogP contribution in [0.3, 0.4) is 0 Å². The topological polar surface area (TPSA) is 72.0 Å². The molecule has 28 heavy (non-hydrogen) atoms. The molecular weight excluding hydrogens is 436 g/mol. The van der Waals surface area contributed by atoms with Gasteiger partial charge in [0.25, 0.3) is 5.56 Å². The zero-order valence-electron chi connectivity index (χ0n) is 14.7. The number of halogens is 1. The Morgan fingerprint density at radius 1 is 1.36 bits per heavy atom. The van der Waals surface area contributed by atoms with Crippen LogP contribution >= 0.6 is 45.6 Å². The molecule has 0 saturated heterocycles. The highest BCUT2D eigenvalue weighted by Crippen LogP contribution is 2.32. The summed E-state index contributed by atoms with van der Waals surface area (Å²) in [7, 11) is 1.31. The Bertz CT molecular complexity index is 1270. The first-order valence-corrected chi connectivity index (χ1v) is 11.0. The molecule has 0 fully saturated rings. The van der Waals surface area contributed by atoms with Crippen LogP contribution in [-0.4, -0.2) is 23.0 Å². The average Bonchev–Trinajstić information content (AvgIpc) is 3.41. The molecule has 9 heteroatoms. The third-order valence-corrected chi connectivity index (χ3v) is 7.34. The summed E-state index contributed by atoms with van der Waals surface area (Å²) in [5.74, 6) is -0.217. The molecule has 0 aromatic carbocycles. The Hall–Kier alpha value is -2.26. The Morgan fingerprint density at radius 3 is 2.89 bits per heavy atom. The largest absolute Gasteiger partial charge is 0.465 e. The van der Waals surface area contributed by atoms with E-state index >= 15 is 0 Å². The molecular formula is C19H13ClN2O3S3. The number of hydrogen-bond donors (Lipinski definition) is 1.